The normalized spacial score (nSPS) is 10.4. The Bertz CT molecular complexity index is 1060. The number of anilines is 1. The molecule has 2 aromatic carbocycles. The zero-order chi connectivity index (χ0) is 19.4. The minimum atomic E-state index is -0.945. The number of nitrogens with one attached hydrogen (secondary N) is 1. The molecule has 0 fully saturated rings. The van der Waals surface area contributed by atoms with Crippen LogP contribution in [0.1, 0.15) is 10.4 Å². The Balaban J connectivity index is 1.70. The molecule has 0 aliphatic carbocycles. The molecule has 1 N–H and O–H groups in total. The van der Waals surface area contributed by atoms with Gasteiger partial charge in [0.2, 0.25) is 0 Å². The first-order valence-electron chi connectivity index (χ1n) is 7.81. The molecule has 138 valence electrons. The molecule has 3 aromatic rings. The summed E-state index contributed by atoms with van der Waals surface area (Å²) in [6.07, 6.45) is 0. The summed E-state index contributed by atoms with van der Waals surface area (Å²) in [4.78, 5) is 36.1. The number of carbonyl (C=O) groups excluding carboxylic acids is 2. The van der Waals surface area contributed by atoms with Crippen molar-refractivity contribution in [2.24, 2.45) is 0 Å². The van der Waals surface area contributed by atoms with Gasteiger partial charge in [-0.05, 0) is 36.4 Å². The van der Waals surface area contributed by atoms with Gasteiger partial charge < -0.3 is 19.2 Å². The van der Waals surface area contributed by atoms with Crippen LogP contribution in [0.4, 0.5) is 5.69 Å². The zero-order valence-corrected chi connectivity index (χ0v) is 15.7. The number of hydrogen-bond acceptors (Lipinski definition) is 6. The van der Waals surface area contributed by atoms with E-state index in [0.717, 1.165) is 4.47 Å². The first kappa shape index (κ1) is 18.7. The van der Waals surface area contributed by atoms with Gasteiger partial charge in [0.15, 0.2) is 17.9 Å². The lowest BCUT2D eigenvalue weighted by atomic mass is 10.2. The second-order valence-corrected chi connectivity index (χ2v) is 6.37. The highest BCUT2D eigenvalue weighted by molar-refractivity contribution is 9.10. The number of ether oxygens (including phenoxy) is 2. The number of hydrogen-bond donors (Lipinski definition) is 1. The molecular formula is C19H14BrNO6. The monoisotopic (exact) mass is 431 g/mol. The second-order valence-electron chi connectivity index (χ2n) is 5.46. The Kier molecular flexibility index (Phi) is 5.56. The highest BCUT2D eigenvalue weighted by atomic mass is 79.9. The van der Waals surface area contributed by atoms with Crippen molar-refractivity contribution in [3.05, 3.63) is 69.0 Å². The topological polar surface area (TPSA) is 94.8 Å². The number of amides is 1. The predicted octanol–water partition coefficient (Wildman–Crippen LogP) is 3.36. The van der Waals surface area contributed by atoms with Crippen LogP contribution in [0.5, 0.6) is 5.75 Å². The number of methoxy groups -OCH3 is 1. The molecule has 7 nitrogen and oxygen atoms in total. The van der Waals surface area contributed by atoms with E-state index in [0.29, 0.717) is 16.8 Å². The quantitative estimate of drug-likeness (QED) is 0.491. The van der Waals surface area contributed by atoms with Crippen LogP contribution in [0.25, 0.3) is 11.0 Å². The lowest BCUT2D eigenvalue weighted by molar-refractivity contribution is -0.119. The van der Waals surface area contributed by atoms with Crippen molar-refractivity contribution in [3.8, 4) is 5.75 Å². The summed E-state index contributed by atoms with van der Waals surface area (Å²) in [5.74, 6) is -1.10. The van der Waals surface area contributed by atoms with E-state index in [2.05, 4.69) is 21.2 Å². The van der Waals surface area contributed by atoms with Gasteiger partial charge in [-0.2, -0.15) is 0 Å². The number of para-hydroxylation sites is 1. The molecule has 0 saturated carbocycles. The van der Waals surface area contributed by atoms with Crippen LogP contribution < -0.4 is 15.7 Å². The predicted molar refractivity (Wildman–Crippen MR) is 102 cm³/mol. The third-order valence-corrected chi connectivity index (χ3v) is 4.15. The van der Waals surface area contributed by atoms with Gasteiger partial charge in [0, 0.05) is 15.5 Å². The third-order valence-electron chi connectivity index (χ3n) is 3.63. The number of rotatable bonds is 5. The third kappa shape index (κ3) is 4.35. The van der Waals surface area contributed by atoms with Crippen LogP contribution in [0.2, 0.25) is 0 Å². The van der Waals surface area contributed by atoms with Crippen LogP contribution in [-0.2, 0) is 9.53 Å². The SMILES string of the molecule is COc1cccc2cc(C(=O)OCC(=O)Nc3ccc(Br)cc3)c(=O)oc12. The van der Waals surface area contributed by atoms with E-state index in [1.807, 2.05) is 0 Å². The van der Waals surface area contributed by atoms with Gasteiger partial charge in [-0.3, -0.25) is 4.79 Å². The van der Waals surface area contributed by atoms with Gasteiger partial charge in [0.25, 0.3) is 5.91 Å². The fraction of sp³-hybridized carbons (Fsp3) is 0.105. The smallest absolute Gasteiger partial charge is 0.351 e. The maximum atomic E-state index is 12.2. The van der Waals surface area contributed by atoms with Crippen molar-refractivity contribution in [2.45, 2.75) is 0 Å². The Morgan fingerprint density at radius 2 is 1.89 bits per heavy atom. The van der Waals surface area contributed by atoms with E-state index < -0.39 is 24.1 Å². The van der Waals surface area contributed by atoms with Gasteiger partial charge in [-0.15, -0.1) is 0 Å². The summed E-state index contributed by atoms with van der Waals surface area (Å²) in [6.45, 7) is -0.537. The van der Waals surface area contributed by atoms with Crippen molar-refractivity contribution in [1.29, 1.82) is 0 Å². The van der Waals surface area contributed by atoms with Crippen molar-refractivity contribution in [2.75, 3.05) is 19.0 Å². The van der Waals surface area contributed by atoms with Crippen molar-refractivity contribution in [3.63, 3.8) is 0 Å². The molecule has 0 bridgehead atoms. The number of halogens is 1. The number of fused-ring (bicyclic) bond motifs is 1. The molecule has 0 spiro atoms. The zero-order valence-electron chi connectivity index (χ0n) is 14.2. The van der Waals surface area contributed by atoms with Gasteiger partial charge >= 0.3 is 11.6 Å². The molecule has 0 unspecified atom stereocenters. The maximum Gasteiger partial charge on any atom is 0.351 e. The van der Waals surface area contributed by atoms with Crippen LogP contribution in [0.15, 0.2) is 62.2 Å². The Labute approximate surface area is 162 Å². The van der Waals surface area contributed by atoms with E-state index in [1.165, 1.54) is 13.2 Å². The molecular weight excluding hydrogens is 418 g/mol. The molecule has 0 aliphatic heterocycles. The molecule has 1 heterocycles. The van der Waals surface area contributed by atoms with Crippen LogP contribution in [0.3, 0.4) is 0 Å². The van der Waals surface area contributed by atoms with E-state index in [9.17, 15) is 14.4 Å². The number of benzene rings is 2. The fourth-order valence-corrected chi connectivity index (χ4v) is 2.62. The van der Waals surface area contributed by atoms with E-state index in [-0.39, 0.29) is 11.1 Å². The maximum absolute atomic E-state index is 12.2. The average Bonchev–Trinajstić information content (AvgIpc) is 2.67. The number of carbonyl (C=O) groups is 2. The Morgan fingerprint density at radius 1 is 1.15 bits per heavy atom. The average molecular weight is 432 g/mol. The summed E-state index contributed by atoms with van der Waals surface area (Å²) < 4.78 is 16.1. The molecule has 0 aliphatic rings. The summed E-state index contributed by atoms with van der Waals surface area (Å²) in [6, 6.07) is 13.2. The lowest BCUT2D eigenvalue weighted by Crippen LogP contribution is -2.23. The standard InChI is InChI=1S/C19H14BrNO6/c1-25-15-4-2-3-11-9-14(19(24)27-17(11)15)18(23)26-10-16(22)21-13-7-5-12(20)6-8-13/h2-9H,10H2,1H3,(H,21,22). The summed E-state index contributed by atoms with van der Waals surface area (Å²) in [5, 5.41) is 3.08. The fourth-order valence-electron chi connectivity index (χ4n) is 2.36. The summed E-state index contributed by atoms with van der Waals surface area (Å²) in [7, 11) is 1.45. The second kappa shape index (κ2) is 8.05. The lowest BCUT2D eigenvalue weighted by Gasteiger charge is -2.07. The largest absolute Gasteiger partial charge is 0.493 e. The minimum absolute atomic E-state index is 0.231. The summed E-state index contributed by atoms with van der Waals surface area (Å²) >= 11 is 3.29. The molecule has 8 heteroatoms. The Hall–Kier alpha value is -3.13. The van der Waals surface area contributed by atoms with Crippen molar-refractivity contribution in [1.82, 2.24) is 0 Å². The first-order valence-corrected chi connectivity index (χ1v) is 8.60. The minimum Gasteiger partial charge on any atom is -0.493 e. The van der Waals surface area contributed by atoms with Crippen molar-refractivity contribution < 1.29 is 23.5 Å². The highest BCUT2D eigenvalue weighted by Gasteiger charge is 2.18. The molecule has 0 atom stereocenters. The molecule has 1 aromatic heterocycles. The molecule has 27 heavy (non-hydrogen) atoms. The van der Waals surface area contributed by atoms with E-state index >= 15 is 0 Å². The Morgan fingerprint density at radius 3 is 2.59 bits per heavy atom. The molecule has 0 radical (unpaired) electrons. The van der Waals surface area contributed by atoms with Gasteiger partial charge in [0.1, 0.15) is 5.56 Å². The van der Waals surface area contributed by atoms with Crippen molar-refractivity contribution >= 4 is 44.5 Å². The molecule has 3 rings (SSSR count). The highest BCUT2D eigenvalue weighted by Crippen LogP contribution is 2.24. The molecule has 1 amide bonds. The first-order chi connectivity index (χ1) is 13.0. The van der Waals surface area contributed by atoms with Gasteiger partial charge in [0.05, 0.1) is 7.11 Å². The van der Waals surface area contributed by atoms with Crippen LogP contribution in [0, 0.1) is 0 Å². The van der Waals surface area contributed by atoms with Gasteiger partial charge in [-0.1, -0.05) is 28.1 Å². The summed E-state index contributed by atoms with van der Waals surface area (Å²) in [5.41, 5.74) is -0.386. The van der Waals surface area contributed by atoms with Gasteiger partial charge in [-0.25, -0.2) is 9.59 Å². The van der Waals surface area contributed by atoms with E-state index in [4.69, 9.17) is 13.9 Å². The number of esters is 1. The van der Waals surface area contributed by atoms with E-state index in [1.54, 1.807) is 42.5 Å². The molecule has 0 saturated heterocycles. The van der Waals surface area contributed by atoms with Crippen LogP contribution >= 0.6 is 15.9 Å². The van der Waals surface area contributed by atoms with Crippen LogP contribution in [-0.4, -0.2) is 25.6 Å².